The summed E-state index contributed by atoms with van der Waals surface area (Å²) in [6.07, 6.45) is 1.49. The van der Waals surface area contributed by atoms with Crippen LogP contribution < -0.4 is 10.6 Å². The van der Waals surface area contributed by atoms with Gasteiger partial charge in [0.15, 0.2) is 0 Å². The van der Waals surface area contributed by atoms with Crippen molar-refractivity contribution in [2.24, 2.45) is 0 Å². The van der Waals surface area contributed by atoms with Crippen LogP contribution in [0.4, 0.5) is 0 Å². The van der Waals surface area contributed by atoms with Crippen LogP contribution in [-0.2, 0) is 4.79 Å². The quantitative estimate of drug-likeness (QED) is 0.815. The molecule has 2 amide bonds. The molecule has 6 nitrogen and oxygen atoms in total. The molecule has 1 aromatic rings. The number of nitrogens with zero attached hydrogens (tertiary/aromatic N) is 1. The lowest BCUT2D eigenvalue weighted by atomic mass is 10.1. The van der Waals surface area contributed by atoms with Crippen molar-refractivity contribution in [1.82, 2.24) is 15.5 Å². The Morgan fingerprint density at radius 2 is 2.37 bits per heavy atom. The molecule has 0 bridgehead atoms. The molecule has 1 saturated heterocycles. The van der Waals surface area contributed by atoms with Crippen LogP contribution in [0.1, 0.15) is 23.0 Å². The molecule has 1 aliphatic heterocycles. The maximum atomic E-state index is 12.5. The molecule has 1 atom stereocenters. The van der Waals surface area contributed by atoms with Crippen LogP contribution in [0, 0.1) is 6.92 Å². The average Bonchev–Trinajstić information content (AvgIpc) is 2.84. The summed E-state index contributed by atoms with van der Waals surface area (Å²) >= 11 is 0. The van der Waals surface area contributed by atoms with E-state index in [1.807, 2.05) is 6.92 Å². The molecule has 1 unspecified atom stereocenters. The summed E-state index contributed by atoms with van der Waals surface area (Å²) < 4.78 is 5.16. The largest absolute Gasteiger partial charge is 0.469 e. The molecular formula is C13H19N3O3. The zero-order valence-corrected chi connectivity index (χ0v) is 11.2. The first-order valence-corrected chi connectivity index (χ1v) is 6.48. The minimum absolute atomic E-state index is 0.121. The van der Waals surface area contributed by atoms with Gasteiger partial charge in [-0.1, -0.05) is 0 Å². The highest BCUT2D eigenvalue weighted by Gasteiger charge is 2.33. The smallest absolute Gasteiger partial charge is 0.258 e. The van der Waals surface area contributed by atoms with Gasteiger partial charge in [0.05, 0.1) is 11.8 Å². The predicted octanol–water partition coefficient (Wildman–Crippen LogP) is 0.138. The number of aryl methyl sites for hydroxylation is 1. The van der Waals surface area contributed by atoms with Gasteiger partial charge in [0.25, 0.3) is 5.91 Å². The second-order valence-corrected chi connectivity index (χ2v) is 4.50. The van der Waals surface area contributed by atoms with Gasteiger partial charge in [-0.15, -0.1) is 0 Å². The summed E-state index contributed by atoms with van der Waals surface area (Å²) in [6, 6.07) is 1.18. The third-order valence-electron chi connectivity index (χ3n) is 3.25. The molecule has 0 radical (unpaired) electrons. The second-order valence-electron chi connectivity index (χ2n) is 4.50. The van der Waals surface area contributed by atoms with Crippen molar-refractivity contribution < 1.29 is 14.0 Å². The van der Waals surface area contributed by atoms with Gasteiger partial charge in [-0.05, 0) is 19.9 Å². The molecule has 6 heteroatoms. The molecule has 1 fully saturated rings. The van der Waals surface area contributed by atoms with Gasteiger partial charge < -0.3 is 20.0 Å². The van der Waals surface area contributed by atoms with E-state index in [1.165, 1.54) is 6.26 Å². The zero-order valence-electron chi connectivity index (χ0n) is 11.2. The highest BCUT2D eigenvalue weighted by molar-refractivity contribution is 5.98. The summed E-state index contributed by atoms with van der Waals surface area (Å²) in [6.45, 7) is 5.86. The van der Waals surface area contributed by atoms with E-state index in [2.05, 4.69) is 10.6 Å². The zero-order chi connectivity index (χ0) is 13.8. The molecule has 104 valence electrons. The van der Waals surface area contributed by atoms with E-state index in [-0.39, 0.29) is 11.8 Å². The molecule has 0 saturated carbocycles. The Morgan fingerprint density at radius 1 is 1.58 bits per heavy atom. The molecule has 2 heterocycles. The van der Waals surface area contributed by atoms with E-state index in [9.17, 15) is 9.59 Å². The fraction of sp³-hybridized carbons (Fsp3) is 0.538. The van der Waals surface area contributed by atoms with E-state index in [1.54, 1.807) is 17.9 Å². The number of hydrogen-bond acceptors (Lipinski definition) is 4. The van der Waals surface area contributed by atoms with E-state index >= 15 is 0 Å². The van der Waals surface area contributed by atoms with Crippen molar-refractivity contribution in [3.8, 4) is 0 Å². The summed E-state index contributed by atoms with van der Waals surface area (Å²) in [4.78, 5) is 26.1. The van der Waals surface area contributed by atoms with Gasteiger partial charge >= 0.3 is 0 Å². The lowest BCUT2D eigenvalue weighted by molar-refractivity contribution is -0.126. The van der Waals surface area contributed by atoms with E-state index in [4.69, 9.17) is 4.42 Å². The number of nitrogens with one attached hydrogen (secondary N) is 2. The third-order valence-corrected chi connectivity index (χ3v) is 3.25. The van der Waals surface area contributed by atoms with Gasteiger partial charge in [-0.2, -0.15) is 0 Å². The van der Waals surface area contributed by atoms with Crippen molar-refractivity contribution in [1.29, 1.82) is 0 Å². The standard InChI is InChI=1S/C13H19N3O3/c1-3-15-12(17)11-8-14-5-6-16(11)13(18)10-4-7-19-9(10)2/h4,7,11,14H,3,5-6,8H2,1-2H3,(H,15,17). The summed E-state index contributed by atoms with van der Waals surface area (Å²) in [7, 11) is 0. The Hall–Kier alpha value is -1.82. The molecule has 0 spiro atoms. The molecule has 1 aliphatic rings. The number of furan rings is 1. The molecule has 19 heavy (non-hydrogen) atoms. The molecular weight excluding hydrogens is 246 g/mol. The van der Waals surface area contributed by atoms with Crippen LogP contribution in [0.5, 0.6) is 0 Å². The van der Waals surface area contributed by atoms with Crippen molar-refractivity contribution in [2.45, 2.75) is 19.9 Å². The molecule has 0 aromatic carbocycles. The van der Waals surface area contributed by atoms with Crippen molar-refractivity contribution in [3.63, 3.8) is 0 Å². The van der Waals surface area contributed by atoms with Crippen LogP contribution in [0.15, 0.2) is 16.7 Å². The number of piperazine rings is 1. The lowest BCUT2D eigenvalue weighted by Gasteiger charge is -2.35. The van der Waals surface area contributed by atoms with E-state index in [0.717, 1.165) is 0 Å². The molecule has 1 aromatic heterocycles. The Labute approximate surface area is 112 Å². The maximum absolute atomic E-state index is 12.5. The van der Waals surface area contributed by atoms with Crippen LogP contribution in [0.2, 0.25) is 0 Å². The van der Waals surface area contributed by atoms with Gasteiger partial charge in [-0.25, -0.2) is 0 Å². The molecule has 0 aliphatic carbocycles. The van der Waals surface area contributed by atoms with Crippen molar-refractivity contribution >= 4 is 11.8 Å². The highest BCUT2D eigenvalue weighted by Crippen LogP contribution is 2.15. The second kappa shape index (κ2) is 5.88. The van der Waals surface area contributed by atoms with E-state index < -0.39 is 6.04 Å². The van der Waals surface area contributed by atoms with E-state index in [0.29, 0.717) is 37.5 Å². The Balaban J connectivity index is 2.18. The first-order chi connectivity index (χ1) is 9.15. The number of likely N-dealkylation sites (N-methyl/N-ethyl adjacent to an activating group) is 1. The predicted molar refractivity (Wildman–Crippen MR) is 69.8 cm³/mol. The van der Waals surface area contributed by atoms with Gasteiger partial charge in [0.2, 0.25) is 5.91 Å². The van der Waals surface area contributed by atoms with Gasteiger partial charge in [0, 0.05) is 26.2 Å². The highest BCUT2D eigenvalue weighted by atomic mass is 16.3. The monoisotopic (exact) mass is 265 g/mol. The summed E-state index contributed by atoms with van der Waals surface area (Å²) in [5, 5.41) is 5.90. The minimum atomic E-state index is -0.463. The molecule has 2 N–H and O–H groups in total. The average molecular weight is 265 g/mol. The van der Waals surface area contributed by atoms with Crippen LogP contribution in [0.25, 0.3) is 0 Å². The topological polar surface area (TPSA) is 74.6 Å². The summed E-state index contributed by atoms with van der Waals surface area (Å²) in [5.74, 6) is 0.311. The number of carbonyl (C=O) groups excluding carboxylic acids is 2. The van der Waals surface area contributed by atoms with Gasteiger partial charge in [0.1, 0.15) is 11.8 Å². The van der Waals surface area contributed by atoms with Gasteiger partial charge in [-0.3, -0.25) is 9.59 Å². The minimum Gasteiger partial charge on any atom is -0.469 e. The number of carbonyl (C=O) groups is 2. The van der Waals surface area contributed by atoms with Crippen molar-refractivity contribution in [2.75, 3.05) is 26.2 Å². The molecule has 2 rings (SSSR count). The lowest BCUT2D eigenvalue weighted by Crippen LogP contribution is -2.59. The fourth-order valence-electron chi connectivity index (χ4n) is 2.24. The Bertz CT molecular complexity index is 469. The first-order valence-electron chi connectivity index (χ1n) is 6.48. The first kappa shape index (κ1) is 13.6. The number of hydrogen-bond donors (Lipinski definition) is 2. The SMILES string of the molecule is CCNC(=O)C1CNCCN1C(=O)c1ccoc1C. The third kappa shape index (κ3) is 2.78. The fourth-order valence-corrected chi connectivity index (χ4v) is 2.24. The number of rotatable bonds is 3. The summed E-state index contributed by atoms with van der Waals surface area (Å²) in [5.41, 5.74) is 0.524. The maximum Gasteiger partial charge on any atom is 0.258 e. The normalized spacial score (nSPS) is 19.3. The Morgan fingerprint density at radius 3 is 3.00 bits per heavy atom. The van der Waals surface area contributed by atoms with Crippen LogP contribution in [0.3, 0.4) is 0 Å². The van der Waals surface area contributed by atoms with Crippen molar-refractivity contribution in [3.05, 3.63) is 23.7 Å². The number of amides is 2. The Kier molecular flexibility index (Phi) is 4.21. The van der Waals surface area contributed by atoms with Crippen LogP contribution in [-0.4, -0.2) is 48.9 Å². The van der Waals surface area contributed by atoms with Crippen LogP contribution >= 0.6 is 0 Å².